The molecule has 2 nitrogen and oxygen atoms in total. The molecule has 0 aliphatic carbocycles. The van der Waals surface area contributed by atoms with Crippen LogP contribution in [0.1, 0.15) is 49.2 Å². The molecule has 1 rings (SSSR count). The van der Waals surface area contributed by atoms with Crippen molar-refractivity contribution in [2.45, 2.75) is 40.0 Å². The number of ketones is 1. The molecule has 0 radical (unpaired) electrons. The summed E-state index contributed by atoms with van der Waals surface area (Å²) in [6.07, 6.45) is 4.55. The third-order valence-corrected chi connectivity index (χ3v) is 2.59. The Hall–Kier alpha value is -1.18. The summed E-state index contributed by atoms with van der Waals surface area (Å²) in [5.41, 5.74) is 1.62. The van der Waals surface area contributed by atoms with Crippen molar-refractivity contribution in [1.82, 2.24) is 4.98 Å². The van der Waals surface area contributed by atoms with Crippen LogP contribution in [0, 0.1) is 12.8 Å². The fourth-order valence-corrected chi connectivity index (χ4v) is 1.79. The van der Waals surface area contributed by atoms with Crippen LogP contribution in [0.3, 0.4) is 0 Å². The van der Waals surface area contributed by atoms with Crippen LogP contribution < -0.4 is 0 Å². The summed E-state index contributed by atoms with van der Waals surface area (Å²) in [4.78, 5) is 16.0. The number of carbonyl (C=O) groups excluding carboxylic acids is 1. The van der Waals surface area contributed by atoms with Gasteiger partial charge in [-0.2, -0.15) is 0 Å². The lowest BCUT2D eigenvalue weighted by Crippen LogP contribution is -2.09. The van der Waals surface area contributed by atoms with Crippen LogP contribution in [0.25, 0.3) is 0 Å². The summed E-state index contributed by atoms with van der Waals surface area (Å²) in [6, 6.07) is 3.80. The SMILES string of the molecule is CCCC(C)CC(=O)c1ncccc1C. The topological polar surface area (TPSA) is 30.0 Å². The van der Waals surface area contributed by atoms with Crippen LogP contribution >= 0.6 is 0 Å². The number of pyridine rings is 1. The minimum atomic E-state index is 0.175. The Morgan fingerprint density at radius 2 is 2.27 bits per heavy atom. The number of Topliss-reactive ketones (excluding diaryl/α,β-unsaturated/α-hetero) is 1. The first-order chi connectivity index (χ1) is 7.15. The van der Waals surface area contributed by atoms with Gasteiger partial charge in [-0.25, -0.2) is 0 Å². The van der Waals surface area contributed by atoms with Crippen LogP contribution in [0.4, 0.5) is 0 Å². The third-order valence-electron chi connectivity index (χ3n) is 2.59. The number of aryl methyl sites for hydroxylation is 1. The van der Waals surface area contributed by atoms with E-state index in [1.807, 2.05) is 19.1 Å². The van der Waals surface area contributed by atoms with Crippen molar-refractivity contribution in [3.05, 3.63) is 29.6 Å². The Morgan fingerprint density at radius 3 is 2.87 bits per heavy atom. The Bertz CT molecular complexity index is 333. The maximum atomic E-state index is 11.9. The van der Waals surface area contributed by atoms with Crippen molar-refractivity contribution in [2.24, 2.45) is 5.92 Å². The minimum Gasteiger partial charge on any atom is -0.292 e. The van der Waals surface area contributed by atoms with Gasteiger partial charge in [0.05, 0.1) is 0 Å². The third kappa shape index (κ3) is 3.46. The Morgan fingerprint density at radius 1 is 1.53 bits per heavy atom. The molecule has 0 aromatic carbocycles. The number of hydrogen-bond donors (Lipinski definition) is 0. The summed E-state index contributed by atoms with van der Waals surface area (Å²) in [6.45, 7) is 6.21. The van der Waals surface area contributed by atoms with E-state index < -0.39 is 0 Å². The highest BCUT2D eigenvalue weighted by atomic mass is 16.1. The molecule has 1 aromatic rings. The average molecular weight is 205 g/mol. The quantitative estimate of drug-likeness (QED) is 0.689. The van der Waals surface area contributed by atoms with Crippen LogP contribution in [0.2, 0.25) is 0 Å². The van der Waals surface area contributed by atoms with Crippen LogP contribution in [0.5, 0.6) is 0 Å². The molecule has 1 atom stereocenters. The second-order valence-electron chi connectivity index (χ2n) is 4.19. The van der Waals surface area contributed by atoms with Gasteiger partial charge in [0, 0.05) is 12.6 Å². The molecule has 0 spiro atoms. The van der Waals surface area contributed by atoms with Crippen molar-refractivity contribution in [1.29, 1.82) is 0 Å². The summed E-state index contributed by atoms with van der Waals surface area (Å²) in [5.74, 6) is 0.637. The molecule has 0 aliphatic heterocycles. The van der Waals surface area contributed by atoms with E-state index in [-0.39, 0.29) is 5.78 Å². The molecule has 15 heavy (non-hydrogen) atoms. The molecule has 1 aromatic heterocycles. The molecule has 0 amide bonds. The first-order valence-electron chi connectivity index (χ1n) is 5.60. The molecular formula is C13H19NO. The smallest absolute Gasteiger partial charge is 0.181 e. The number of hydrogen-bond acceptors (Lipinski definition) is 2. The molecule has 0 N–H and O–H groups in total. The van der Waals surface area contributed by atoms with Crippen molar-refractivity contribution in [3.8, 4) is 0 Å². The first kappa shape index (κ1) is 11.9. The second kappa shape index (κ2) is 5.64. The Labute approximate surface area is 91.7 Å². The normalized spacial score (nSPS) is 12.5. The van der Waals surface area contributed by atoms with Crippen LogP contribution in [0.15, 0.2) is 18.3 Å². The Kier molecular flexibility index (Phi) is 4.47. The number of aromatic nitrogens is 1. The van der Waals surface area contributed by atoms with Gasteiger partial charge in [0.15, 0.2) is 5.78 Å². The molecule has 2 heteroatoms. The minimum absolute atomic E-state index is 0.175. The zero-order chi connectivity index (χ0) is 11.3. The second-order valence-corrected chi connectivity index (χ2v) is 4.19. The van der Waals surface area contributed by atoms with E-state index in [9.17, 15) is 4.79 Å². The van der Waals surface area contributed by atoms with Gasteiger partial charge in [-0.3, -0.25) is 9.78 Å². The van der Waals surface area contributed by atoms with E-state index in [0.717, 1.165) is 18.4 Å². The van der Waals surface area contributed by atoms with Gasteiger partial charge in [-0.1, -0.05) is 32.8 Å². The summed E-state index contributed by atoms with van der Waals surface area (Å²) in [5, 5.41) is 0. The molecular weight excluding hydrogens is 186 g/mol. The van der Waals surface area contributed by atoms with E-state index in [4.69, 9.17) is 0 Å². The van der Waals surface area contributed by atoms with E-state index in [0.29, 0.717) is 18.0 Å². The fourth-order valence-electron chi connectivity index (χ4n) is 1.79. The molecule has 1 heterocycles. The molecule has 0 saturated heterocycles. The average Bonchev–Trinajstić information content (AvgIpc) is 2.18. The molecule has 0 saturated carbocycles. The van der Waals surface area contributed by atoms with Gasteiger partial charge >= 0.3 is 0 Å². The van der Waals surface area contributed by atoms with E-state index in [1.165, 1.54) is 0 Å². The van der Waals surface area contributed by atoms with E-state index >= 15 is 0 Å². The lowest BCUT2D eigenvalue weighted by atomic mass is 9.97. The zero-order valence-corrected chi connectivity index (χ0v) is 9.79. The lowest BCUT2D eigenvalue weighted by molar-refractivity contribution is 0.0957. The van der Waals surface area contributed by atoms with Gasteiger partial charge in [-0.15, -0.1) is 0 Å². The van der Waals surface area contributed by atoms with Crippen LogP contribution in [-0.4, -0.2) is 10.8 Å². The van der Waals surface area contributed by atoms with Crippen molar-refractivity contribution >= 4 is 5.78 Å². The highest BCUT2D eigenvalue weighted by Crippen LogP contribution is 2.15. The number of rotatable bonds is 5. The van der Waals surface area contributed by atoms with Crippen LogP contribution in [-0.2, 0) is 0 Å². The van der Waals surface area contributed by atoms with Crippen molar-refractivity contribution in [3.63, 3.8) is 0 Å². The van der Waals surface area contributed by atoms with Gasteiger partial charge in [0.1, 0.15) is 5.69 Å². The monoisotopic (exact) mass is 205 g/mol. The summed E-state index contributed by atoms with van der Waals surface area (Å²) in [7, 11) is 0. The molecule has 1 unspecified atom stereocenters. The summed E-state index contributed by atoms with van der Waals surface area (Å²) >= 11 is 0. The van der Waals surface area contributed by atoms with Gasteiger partial charge in [0.2, 0.25) is 0 Å². The fraction of sp³-hybridized carbons (Fsp3) is 0.538. The van der Waals surface area contributed by atoms with Gasteiger partial charge in [0.25, 0.3) is 0 Å². The number of nitrogens with zero attached hydrogens (tertiary/aromatic N) is 1. The van der Waals surface area contributed by atoms with Gasteiger partial charge < -0.3 is 0 Å². The van der Waals surface area contributed by atoms with E-state index in [1.54, 1.807) is 6.20 Å². The molecule has 0 bridgehead atoms. The van der Waals surface area contributed by atoms with Crippen molar-refractivity contribution in [2.75, 3.05) is 0 Å². The molecule has 82 valence electrons. The van der Waals surface area contributed by atoms with Crippen molar-refractivity contribution < 1.29 is 4.79 Å². The summed E-state index contributed by atoms with van der Waals surface area (Å²) < 4.78 is 0. The largest absolute Gasteiger partial charge is 0.292 e. The molecule has 0 aliphatic rings. The van der Waals surface area contributed by atoms with Gasteiger partial charge in [-0.05, 0) is 24.5 Å². The predicted octanol–water partition coefficient (Wildman–Crippen LogP) is 3.40. The Balaban J connectivity index is 2.65. The lowest BCUT2D eigenvalue weighted by Gasteiger charge is -2.09. The maximum absolute atomic E-state index is 11.9. The predicted molar refractivity (Wildman–Crippen MR) is 62.0 cm³/mol. The molecule has 0 fully saturated rings. The highest BCUT2D eigenvalue weighted by molar-refractivity contribution is 5.95. The highest BCUT2D eigenvalue weighted by Gasteiger charge is 2.13. The zero-order valence-electron chi connectivity index (χ0n) is 9.79. The maximum Gasteiger partial charge on any atom is 0.181 e. The van der Waals surface area contributed by atoms with E-state index in [2.05, 4.69) is 18.8 Å². The first-order valence-corrected chi connectivity index (χ1v) is 5.60. The standard InChI is InChI=1S/C13H19NO/c1-4-6-10(2)9-12(15)13-11(3)7-5-8-14-13/h5,7-8,10H,4,6,9H2,1-3H3. The number of carbonyl (C=O) groups is 1.